The zero-order valence-corrected chi connectivity index (χ0v) is 13.8. The molecular formula is C18H26N2O3. The molecule has 5 nitrogen and oxygen atoms in total. The number of hydrogen-bond donors (Lipinski definition) is 2. The molecule has 5 heteroatoms. The minimum absolute atomic E-state index is 0.230. The van der Waals surface area contributed by atoms with Gasteiger partial charge in [0.25, 0.3) is 0 Å². The van der Waals surface area contributed by atoms with Gasteiger partial charge >= 0.3 is 0 Å². The van der Waals surface area contributed by atoms with E-state index >= 15 is 0 Å². The Bertz CT molecular complexity index is 541. The predicted molar refractivity (Wildman–Crippen MR) is 88.8 cm³/mol. The summed E-state index contributed by atoms with van der Waals surface area (Å²) in [5.74, 6) is 2.06. The van der Waals surface area contributed by atoms with Gasteiger partial charge in [-0.3, -0.25) is 4.79 Å². The second-order valence-corrected chi connectivity index (χ2v) is 6.54. The van der Waals surface area contributed by atoms with Crippen molar-refractivity contribution in [2.75, 3.05) is 33.4 Å². The zero-order valence-electron chi connectivity index (χ0n) is 13.8. The number of piperidine rings is 1. The third kappa shape index (κ3) is 3.96. The topological polar surface area (TPSA) is 59.6 Å². The lowest BCUT2D eigenvalue weighted by atomic mass is 9.92. The highest BCUT2D eigenvalue weighted by Crippen LogP contribution is 2.58. The Morgan fingerprint density at radius 3 is 2.91 bits per heavy atom. The van der Waals surface area contributed by atoms with Crippen LogP contribution in [0.25, 0.3) is 0 Å². The van der Waals surface area contributed by atoms with Crippen molar-refractivity contribution in [1.29, 1.82) is 0 Å². The van der Waals surface area contributed by atoms with Crippen molar-refractivity contribution >= 4 is 5.91 Å². The van der Waals surface area contributed by atoms with Crippen molar-refractivity contribution in [2.45, 2.75) is 25.7 Å². The lowest BCUT2D eigenvalue weighted by molar-refractivity contribution is -0.123. The van der Waals surface area contributed by atoms with E-state index in [0.717, 1.165) is 50.3 Å². The normalized spacial score (nSPS) is 21.7. The molecule has 2 aliphatic rings. The maximum Gasteiger partial charge on any atom is 0.223 e. The summed E-state index contributed by atoms with van der Waals surface area (Å²) in [5, 5.41) is 6.43. The second-order valence-electron chi connectivity index (χ2n) is 6.54. The summed E-state index contributed by atoms with van der Waals surface area (Å²) in [5.41, 5.74) is 0.312. The highest BCUT2D eigenvalue weighted by Gasteiger charge is 2.57. The highest BCUT2D eigenvalue weighted by molar-refractivity contribution is 5.82. The summed E-state index contributed by atoms with van der Waals surface area (Å²) >= 11 is 0. The molecule has 1 heterocycles. The van der Waals surface area contributed by atoms with Crippen LogP contribution in [0.3, 0.4) is 0 Å². The average molecular weight is 318 g/mol. The maximum absolute atomic E-state index is 12.2. The summed E-state index contributed by atoms with van der Waals surface area (Å²) in [6.07, 6.45) is 4.17. The first-order chi connectivity index (χ1) is 11.2. The van der Waals surface area contributed by atoms with E-state index < -0.39 is 0 Å². The Morgan fingerprint density at radius 2 is 2.13 bits per heavy atom. The molecule has 3 rings (SSSR count). The number of carbonyl (C=O) groups excluding carboxylic acids is 1. The van der Waals surface area contributed by atoms with Gasteiger partial charge in [-0.25, -0.2) is 0 Å². The molecule has 2 N–H and O–H groups in total. The number of ether oxygens (including phenoxy) is 2. The van der Waals surface area contributed by atoms with Crippen LogP contribution in [0, 0.1) is 11.3 Å². The molecule has 1 aliphatic heterocycles. The molecule has 1 aromatic carbocycles. The number of amides is 1. The molecule has 23 heavy (non-hydrogen) atoms. The van der Waals surface area contributed by atoms with Gasteiger partial charge in [-0.2, -0.15) is 0 Å². The monoisotopic (exact) mass is 318 g/mol. The van der Waals surface area contributed by atoms with Crippen LogP contribution in [0.15, 0.2) is 24.3 Å². The van der Waals surface area contributed by atoms with Crippen LogP contribution in [0.5, 0.6) is 11.5 Å². The maximum atomic E-state index is 12.2. The Kier molecular flexibility index (Phi) is 5.06. The van der Waals surface area contributed by atoms with Gasteiger partial charge in [0.15, 0.2) is 0 Å². The fourth-order valence-corrected chi connectivity index (χ4v) is 3.48. The highest BCUT2D eigenvalue weighted by atomic mass is 16.5. The molecule has 0 radical (unpaired) electrons. The lowest BCUT2D eigenvalue weighted by Gasteiger charge is -2.23. The van der Waals surface area contributed by atoms with Crippen molar-refractivity contribution in [2.24, 2.45) is 11.3 Å². The van der Waals surface area contributed by atoms with Crippen LogP contribution in [0.2, 0.25) is 0 Å². The standard InChI is InChI=1S/C18H26N2O3/c1-22-14-4-2-5-15(12-14)23-11-3-8-20-17(21)16-13-18(16)6-9-19-10-7-18/h2,4-5,12,16,19H,3,6-11,13H2,1H3,(H,20,21). The fourth-order valence-electron chi connectivity index (χ4n) is 3.48. The summed E-state index contributed by atoms with van der Waals surface area (Å²) in [7, 11) is 1.64. The number of nitrogens with one attached hydrogen (secondary N) is 2. The predicted octanol–water partition coefficient (Wildman–Crippen LogP) is 1.97. The van der Waals surface area contributed by atoms with E-state index in [-0.39, 0.29) is 11.8 Å². The Morgan fingerprint density at radius 1 is 1.35 bits per heavy atom. The van der Waals surface area contributed by atoms with Gasteiger partial charge < -0.3 is 20.1 Å². The smallest absolute Gasteiger partial charge is 0.223 e. The first kappa shape index (κ1) is 16.1. The SMILES string of the molecule is COc1cccc(OCCCNC(=O)C2CC23CCNCC3)c1. The Labute approximate surface area is 137 Å². The van der Waals surface area contributed by atoms with Gasteiger partial charge in [-0.15, -0.1) is 0 Å². The van der Waals surface area contributed by atoms with Crippen molar-refractivity contribution in [3.05, 3.63) is 24.3 Å². The molecule has 1 amide bonds. The summed E-state index contributed by atoms with van der Waals surface area (Å²) < 4.78 is 10.8. The van der Waals surface area contributed by atoms with E-state index in [1.807, 2.05) is 24.3 Å². The van der Waals surface area contributed by atoms with Crippen LogP contribution < -0.4 is 20.1 Å². The average Bonchev–Trinajstić information content (AvgIpc) is 3.28. The molecule has 1 saturated heterocycles. The van der Waals surface area contributed by atoms with E-state index in [4.69, 9.17) is 9.47 Å². The summed E-state index contributed by atoms with van der Waals surface area (Å²) in [4.78, 5) is 12.2. The molecule has 1 atom stereocenters. The lowest BCUT2D eigenvalue weighted by Crippen LogP contribution is -2.34. The summed E-state index contributed by atoms with van der Waals surface area (Å²) in [6, 6.07) is 7.57. The molecule has 1 aliphatic carbocycles. The molecule has 0 aromatic heterocycles. The van der Waals surface area contributed by atoms with Crippen LogP contribution in [-0.2, 0) is 4.79 Å². The van der Waals surface area contributed by atoms with Crippen LogP contribution in [0.1, 0.15) is 25.7 Å². The molecular weight excluding hydrogens is 292 g/mol. The van der Waals surface area contributed by atoms with Crippen molar-refractivity contribution in [3.8, 4) is 11.5 Å². The fraction of sp³-hybridized carbons (Fsp3) is 0.611. The van der Waals surface area contributed by atoms with E-state index in [0.29, 0.717) is 18.6 Å². The van der Waals surface area contributed by atoms with Crippen LogP contribution in [0.4, 0.5) is 0 Å². The molecule has 1 saturated carbocycles. The second kappa shape index (κ2) is 7.21. The van der Waals surface area contributed by atoms with Gasteiger partial charge in [-0.1, -0.05) is 6.07 Å². The third-order valence-electron chi connectivity index (χ3n) is 5.04. The van der Waals surface area contributed by atoms with E-state index in [2.05, 4.69) is 10.6 Å². The van der Waals surface area contributed by atoms with E-state index in [1.165, 1.54) is 0 Å². The van der Waals surface area contributed by atoms with Crippen LogP contribution >= 0.6 is 0 Å². The minimum Gasteiger partial charge on any atom is -0.497 e. The van der Waals surface area contributed by atoms with Crippen LogP contribution in [-0.4, -0.2) is 39.3 Å². The first-order valence-corrected chi connectivity index (χ1v) is 8.49. The molecule has 2 fully saturated rings. The van der Waals surface area contributed by atoms with Crippen molar-refractivity contribution in [3.63, 3.8) is 0 Å². The number of methoxy groups -OCH3 is 1. The quantitative estimate of drug-likeness (QED) is 0.755. The number of rotatable bonds is 7. The Hall–Kier alpha value is -1.75. The van der Waals surface area contributed by atoms with E-state index in [1.54, 1.807) is 7.11 Å². The molecule has 1 spiro atoms. The molecule has 126 valence electrons. The molecule has 1 aromatic rings. The largest absolute Gasteiger partial charge is 0.497 e. The first-order valence-electron chi connectivity index (χ1n) is 8.49. The molecule has 0 bridgehead atoms. The van der Waals surface area contributed by atoms with Crippen molar-refractivity contribution < 1.29 is 14.3 Å². The van der Waals surface area contributed by atoms with Gasteiger partial charge in [0.05, 0.1) is 13.7 Å². The minimum atomic E-state index is 0.230. The van der Waals surface area contributed by atoms with Gasteiger partial charge in [0, 0.05) is 18.5 Å². The molecule has 1 unspecified atom stereocenters. The van der Waals surface area contributed by atoms with Gasteiger partial charge in [0.1, 0.15) is 11.5 Å². The van der Waals surface area contributed by atoms with Crippen molar-refractivity contribution in [1.82, 2.24) is 10.6 Å². The Balaban J connectivity index is 1.32. The van der Waals surface area contributed by atoms with E-state index in [9.17, 15) is 4.79 Å². The number of hydrogen-bond acceptors (Lipinski definition) is 4. The third-order valence-corrected chi connectivity index (χ3v) is 5.04. The zero-order chi connectivity index (χ0) is 16.1. The summed E-state index contributed by atoms with van der Waals surface area (Å²) in [6.45, 7) is 3.37. The van der Waals surface area contributed by atoms with Gasteiger partial charge in [-0.05, 0) is 56.3 Å². The number of carbonyl (C=O) groups is 1. The van der Waals surface area contributed by atoms with Gasteiger partial charge in [0.2, 0.25) is 5.91 Å². The number of benzene rings is 1.